The maximum Gasteiger partial charge on any atom is 0.341 e. The number of aryl methyl sites for hydroxylation is 1. The summed E-state index contributed by atoms with van der Waals surface area (Å²) in [5.41, 5.74) is 2.33. The number of nitrogens with one attached hydrogen (secondary N) is 1. The smallest absolute Gasteiger partial charge is 0.341 e. The van der Waals surface area contributed by atoms with Crippen molar-refractivity contribution in [1.29, 1.82) is 0 Å². The zero-order chi connectivity index (χ0) is 20.1. The first-order chi connectivity index (χ1) is 13.5. The predicted octanol–water partition coefficient (Wildman–Crippen LogP) is 5.23. The van der Waals surface area contributed by atoms with Crippen LogP contribution in [-0.2, 0) is 22.4 Å². The molecule has 1 heterocycles. The Morgan fingerprint density at radius 3 is 2.82 bits per heavy atom. The van der Waals surface area contributed by atoms with Crippen molar-refractivity contribution < 1.29 is 19.1 Å². The van der Waals surface area contributed by atoms with E-state index in [0.717, 1.165) is 39.7 Å². The van der Waals surface area contributed by atoms with Crippen molar-refractivity contribution in [3.63, 3.8) is 0 Å². The molecule has 0 aliphatic heterocycles. The van der Waals surface area contributed by atoms with Gasteiger partial charge in [-0.15, -0.1) is 11.3 Å². The predicted molar refractivity (Wildman–Crippen MR) is 115 cm³/mol. The van der Waals surface area contributed by atoms with Crippen LogP contribution in [0.2, 0.25) is 0 Å². The summed E-state index contributed by atoms with van der Waals surface area (Å²) in [5.74, 6) is 0.0387. The molecule has 0 bridgehead atoms. The van der Waals surface area contributed by atoms with Gasteiger partial charge in [0.1, 0.15) is 10.8 Å². The molecule has 1 N–H and O–H groups in total. The lowest BCUT2D eigenvalue weighted by Crippen LogP contribution is -2.13. The summed E-state index contributed by atoms with van der Waals surface area (Å²) in [5, 5.41) is 3.42. The monoisotopic (exact) mass is 463 g/mol. The summed E-state index contributed by atoms with van der Waals surface area (Å²) in [6.07, 6.45) is 5.97. The molecule has 0 fully saturated rings. The van der Waals surface area contributed by atoms with E-state index in [4.69, 9.17) is 9.47 Å². The summed E-state index contributed by atoms with van der Waals surface area (Å²) < 4.78 is 11.7. The van der Waals surface area contributed by atoms with Crippen molar-refractivity contribution in [1.82, 2.24) is 0 Å². The zero-order valence-corrected chi connectivity index (χ0v) is 18.2. The number of halogens is 1. The van der Waals surface area contributed by atoms with E-state index in [0.29, 0.717) is 29.5 Å². The number of ether oxygens (including phenoxy) is 2. The standard InChI is InChI=1S/C21H22BrNO4S/c1-3-26-16-10-9-14(22)12-13(16)8-11-18(24)23-20-19(21(25)27-4-2)15-6-5-7-17(15)28-20/h8-12H,3-7H2,1-2H3,(H,23,24)/b11-8+. The normalized spacial score (nSPS) is 12.8. The van der Waals surface area contributed by atoms with E-state index in [1.54, 1.807) is 13.0 Å². The molecule has 1 amide bonds. The van der Waals surface area contributed by atoms with Gasteiger partial charge in [0.15, 0.2) is 0 Å². The number of hydrogen-bond donors (Lipinski definition) is 1. The molecule has 28 heavy (non-hydrogen) atoms. The Labute approximate surface area is 176 Å². The van der Waals surface area contributed by atoms with E-state index >= 15 is 0 Å². The highest BCUT2D eigenvalue weighted by atomic mass is 79.9. The lowest BCUT2D eigenvalue weighted by molar-refractivity contribution is -0.111. The summed E-state index contributed by atoms with van der Waals surface area (Å²) in [6, 6.07) is 5.63. The van der Waals surface area contributed by atoms with E-state index < -0.39 is 0 Å². The molecular formula is C21H22BrNO4S. The second-order valence-corrected chi connectivity index (χ2v) is 8.24. The van der Waals surface area contributed by atoms with Gasteiger partial charge in [-0.05, 0) is 62.9 Å². The van der Waals surface area contributed by atoms with E-state index in [2.05, 4.69) is 21.2 Å². The molecule has 0 spiro atoms. The Morgan fingerprint density at radius 1 is 1.25 bits per heavy atom. The van der Waals surface area contributed by atoms with Gasteiger partial charge in [-0.3, -0.25) is 4.79 Å². The number of hydrogen-bond acceptors (Lipinski definition) is 5. The Hall–Kier alpha value is -2.12. The fourth-order valence-electron chi connectivity index (χ4n) is 3.17. The molecule has 1 aliphatic carbocycles. The highest BCUT2D eigenvalue weighted by molar-refractivity contribution is 9.10. The molecule has 5 nitrogen and oxygen atoms in total. The van der Waals surface area contributed by atoms with Crippen LogP contribution in [0.25, 0.3) is 6.08 Å². The number of esters is 1. The van der Waals surface area contributed by atoms with Gasteiger partial charge in [0, 0.05) is 21.0 Å². The Morgan fingerprint density at radius 2 is 2.07 bits per heavy atom. The maximum absolute atomic E-state index is 12.5. The van der Waals surface area contributed by atoms with Gasteiger partial charge in [0.2, 0.25) is 5.91 Å². The SMILES string of the molecule is CCOC(=O)c1c(NC(=O)/C=C/c2cc(Br)ccc2OCC)sc2c1CCC2. The van der Waals surface area contributed by atoms with Gasteiger partial charge in [-0.2, -0.15) is 0 Å². The number of thiophene rings is 1. The van der Waals surface area contributed by atoms with Crippen LogP contribution < -0.4 is 10.1 Å². The summed E-state index contributed by atoms with van der Waals surface area (Å²) in [6.45, 7) is 4.53. The number of fused-ring (bicyclic) bond motifs is 1. The lowest BCUT2D eigenvalue weighted by atomic mass is 10.1. The Balaban J connectivity index is 1.80. The minimum Gasteiger partial charge on any atom is -0.493 e. The van der Waals surface area contributed by atoms with Gasteiger partial charge in [0.05, 0.1) is 18.8 Å². The van der Waals surface area contributed by atoms with Crippen LogP contribution >= 0.6 is 27.3 Å². The van der Waals surface area contributed by atoms with E-state index in [1.807, 2.05) is 25.1 Å². The number of carbonyl (C=O) groups is 2. The average Bonchev–Trinajstić information content (AvgIpc) is 3.22. The lowest BCUT2D eigenvalue weighted by Gasteiger charge is -2.08. The molecule has 1 aromatic heterocycles. The van der Waals surface area contributed by atoms with Gasteiger partial charge in [-0.1, -0.05) is 15.9 Å². The van der Waals surface area contributed by atoms with Crippen molar-refractivity contribution in [3.05, 3.63) is 50.3 Å². The fraction of sp³-hybridized carbons (Fsp3) is 0.333. The van der Waals surface area contributed by atoms with Crippen molar-refractivity contribution in [2.24, 2.45) is 0 Å². The molecular weight excluding hydrogens is 442 g/mol. The minimum atomic E-state index is -0.369. The van der Waals surface area contributed by atoms with Crippen LogP contribution in [0.5, 0.6) is 5.75 Å². The molecule has 0 saturated carbocycles. The molecule has 0 atom stereocenters. The van der Waals surface area contributed by atoms with Gasteiger partial charge < -0.3 is 14.8 Å². The highest BCUT2D eigenvalue weighted by Gasteiger charge is 2.28. The van der Waals surface area contributed by atoms with Crippen LogP contribution in [0.3, 0.4) is 0 Å². The average molecular weight is 464 g/mol. The van der Waals surface area contributed by atoms with E-state index in [1.165, 1.54) is 17.4 Å². The van der Waals surface area contributed by atoms with Gasteiger partial charge in [-0.25, -0.2) is 4.79 Å². The minimum absolute atomic E-state index is 0.298. The highest BCUT2D eigenvalue weighted by Crippen LogP contribution is 2.39. The maximum atomic E-state index is 12.5. The van der Waals surface area contributed by atoms with Crippen molar-refractivity contribution in [3.8, 4) is 5.75 Å². The first-order valence-electron chi connectivity index (χ1n) is 9.26. The Kier molecular flexibility index (Phi) is 6.91. The number of benzene rings is 1. The first-order valence-corrected chi connectivity index (χ1v) is 10.9. The molecule has 3 rings (SSSR count). The number of amides is 1. The third-order valence-electron chi connectivity index (χ3n) is 4.32. The third kappa shape index (κ3) is 4.64. The molecule has 1 aliphatic rings. The van der Waals surface area contributed by atoms with Crippen molar-refractivity contribution in [2.45, 2.75) is 33.1 Å². The second kappa shape index (κ2) is 9.39. The van der Waals surface area contributed by atoms with Crippen LogP contribution in [-0.4, -0.2) is 25.1 Å². The second-order valence-electron chi connectivity index (χ2n) is 6.22. The van der Waals surface area contributed by atoms with Gasteiger partial charge >= 0.3 is 5.97 Å². The fourth-order valence-corrected chi connectivity index (χ4v) is 4.83. The van der Waals surface area contributed by atoms with Crippen LogP contribution in [0.4, 0.5) is 5.00 Å². The molecule has 2 aromatic rings. The summed E-state index contributed by atoms with van der Waals surface area (Å²) in [4.78, 5) is 26.1. The molecule has 0 saturated heterocycles. The first kappa shape index (κ1) is 20.6. The molecule has 0 unspecified atom stereocenters. The molecule has 0 radical (unpaired) electrons. The number of anilines is 1. The van der Waals surface area contributed by atoms with Crippen molar-refractivity contribution in [2.75, 3.05) is 18.5 Å². The van der Waals surface area contributed by atoms with Crippen LogP contribution in [0.1, 0.15) is 46.6 Å². The molecule has 1 aromatic carbocycles. The van der Waals surface area contributed by atoms with E-state index in [9.17, 15) is 9.59 Å². The summed E-state index contributed by atoms with van der Waals surface area (Å²) >= 11 is 4.90. The number of rotatable bonds is 7. The third-order valence-corrected chi connectivity index (χ3v) is 6.02. The van der Waals surface area contributed by atoms with Crippen molar-refractivity contribution >= 4 is 50.2 Å². The molecule has 7 heteroatoms. The number of carbonyl (C=O) groups excluding carboxylic acids is 2. The zero-order valence-electron chi connectivity index (χ0n) is 15.8. The summed E-state index contributed by atoms with van der Waals surface area (Å²) in [7, 11) is 0. The van der Waals surface area contributed by atoms with Crippen LogP contribution in [0.15, 0.2) is 28.7 Å². The molecule has 148 valence electrons. The van der Waals surface area contributed by atoms with E-state index in [-0.39, 0.29) is 11.9 Å². The Bertz CT molecular complexity index is 919. The van der Waals surface area contributed by atoms with Gasteiger partial charge in [0.25, 0.3) is 0 Å². The largest absolute Gasteiger partial charge is 0.493 e. The quantitative estimate of drug-likeness (QED) is 0.451. The van der Waals surface area contributed by atoms with Crippen LogP contribution in [0, 0.1) is 0 Å². The topological polar surface area (TPSA) is 64.6 Å².